The molecule has 3 aromatic rings. The maximum atomic E-state index is 14.4. The van der Waals surface area contributed by atoms with Crippen LogP contribution in [0.15, 0.2) is 47.2 Å². The van der Waals surface area contributed by atoms with Crippen molar-refractivity contribution in [3.05, 3.63) is 59.9 Å². The van der Waals surface area contributed by atoms with Crippen molar-refractivity contribution in [3.8, 4) is 5.88 Å². The van der Waals surface area contributed by atoms with E-state index in [1.807, 2.05) is 19.1 Å². The second-order valence-corrected chi connectivity index (χ2v) is 15.8. The molecule has 0 bridgehead atoms. The third-order valence-corrected chi connectivity index (χ3v) is 11.9. The number of hydrogen-bond acceptors (Lipinski definition) is 11. The molecule has 3 N–H and O–H groups in total. The zero-order valence-electron chi connectivity index (χ0n) is 28.5. The Morgan fingerprint density at radius 3 is 2.69 bits per heavy atom. The lowest BCUT2D eigenvalue weighted by molar-refractivity contribution is -0.141. The van der Waals surface area contributed by atoms with Gasteiger partial charge in [-0.2, -0.15) is 0 Å². The fourth-order valence-electron chi connectivity index (χ4n) is 6.94. The largest absolute Gasteiger partial charge is 0.471 e. The average molecular weight is 738 g/mol. The highest BCUT2D eigenvalue weighted by atomic mass is 32.2. The number of nitrogens with one attached hydrogen (secondary N) is 3. The molecule has 2 saturated carbocycles. The molecule has 4 aliphatic rings. The number of aryl methyl sites for hydroxylation is 1. The van der Waals surface area contributed by atoms with E-state index in [2.05, 4.69) is 30.5 Å². The van der Waals surface area contributed by atoms with Crippen LogP contribution < -0.4 is 20.1 Å². The van der Waals surface area contributed by atoms with Gasteiger partial charge in [0.1, 0.15) is 41.5 Å². The van der Waals surface area contributed by atoms with E-state index in [1.54, 1.807) is 0 Å². The number of halogens is 1. The maximum absolute atomic E-state index is 14.4. The van der Waals surface area contributed by atoms with Gasteiger partial charge in [-0.3, -0.25) is 23.9 Å². The van der Waals surface area contributed by atoms with Crippen LogP contribution >= 0.6 is 0 Å². The molecule has 0 spiro atoms. The Balaban J connectivity index is 1.20. The van der Waals surface area contributed by atoms with Crippen LogP contribution in [0.4, 0.5) is 4.39 Å². The van der Waals surface area contributed by atoms with Crippen LogP contribution in [0.3, 0.4) is 0 Å². The third-order valence-electron chi connectivity index (χ3n) is 10.1. The Morgan fingerprint density at radius 1 is 1.12 bits per heavy atom. The lowest BCUT2D eigenvalue weighted by Gasteiger charge is -2.29. The van der Waals surface area contributed by atoms with Crippen molar-refractivity contribution in [1.82, 2.24) is 35.4 Å². The summed E-state index contributed by atoms with van der Waals surface area (Å²) in [6.45, 7) is 1.77. The predicted molar refractivity (Wildman–Crippen MR) is 182 cm³/mol. The second-order valence-electron chi connectivity index (χ2n) is 13.9. The summed E-state index contributed by atoms with van der Waals surface area (Å²) in [7, 11) is -3.91. The molecule has 17 heteroatoms. The molecule has 0 unspecified atom stereocenters. The Hall–Kier alpha value is -4.93. The fraction of sp³-hybridized carbons (Fsp3) is 0.514. The van der Waals surface area contributed by atoms with E-state index in [9.17, 15) is 32.0 Å². The number of amides is 4. The predicted octanol–water partition coefficient (Wildman–Crippen LogP) is 2.47. The molecule has 5 atom stereocenters. The Morgan fingerprint density at radius 2 is 1.94 bits per heavy atom. The zero-order valence-corrected chi connectivity index (χ0v) is 29.4. The molecule has 4 amide bonds. The van der Waals surface area contributed by atoms with Crippen molar-refractivity contribution in [2.24, 2.45) is 5.92 Å². The molecule has 0 radical (unpaired) electrons. The Bertz CT molecular complexity index is 2020. The number of fused-ring (bicyclic) bond motifs is 3. The van der Waals surface area contributed by atoms with Crippen LogP contribution in [0.1, 0.15) is 80.9 Å². The van der Waals surface area contributed by atoms with Crippen molar-refractivity contribution < 1.29 is 41.2 Å². The standard InChI is InChI=1S/C35H40FN7O8S/c1-2-24-32(39-28-16-21(36)10-13-25(28)37-24)51-22-17-29-31(45)40-35(34(47)42-52(48,49)23-11-12-23)18-20(35)8-6-4-3-5-7-9-27(33(46)43(29)19-22)38-30(44)26-14-15-50-41-26/h6,8,10,13-16,20,22-23,27,29H,2-5,7,9,11-12,17-19H2,1H3,(H,38,44)(H,40,45)(H,42,47)/t20-,22-,27+,29+,35-/m1/s1. The summed E-state index contributed by atoms with van der Waals surface area (Å²) >= 11 is 0. The van der Waals surface area contributed by atoms with Gasteiger partial charge >= 0.3 is 0 Å². The van der Waals surface area contributed by atoms with Crippen LogP contribution in [0.2, 0.25) is 0 Å². The van der Waals surface area contributed by atoms with Gasteiger partial charge in [0.05, 0.1) is 22.8 Å². The third kappa shape index (κ3) is 7.36. The minimum Gasteiger partial charge on any atom is -0.471 e. The summed E-state index contributed by atoms with van der Waals surface area (Å²) in [5.74, 6) is -3.48. The average Bonchev–Trinajstić information content (AvgIpc) is 3.98. The van der Waals surface area contributed by atoms with E-state index in [0.29, 0.717) is 43.3 Å². The SMILES string of the molecule is CCc1nc2ccc(F)cc2nc1O[C@@H]1C[C@H]2C(=O)N[C@]3(C(=O)NS(=O)(=O)C4CC4)C[C@H]3C=CCCCCC[C@H](NC(=O)c3ccon3)C(=O)N2C1. The number of benzene rings is 1. The number of allylic oxidation sites excluding steroid dienone is 1. The molecule has 7 rings (SSSR count). The number of sulfonamides is 1. The minimum absolute atomic E-state index is 0.0157. The van der Waals surface area contributed by atoms with Crippen molar-refractivity contribution in [1.29, 1.82) is 0 Å². The fourth-order valence-corrected chi connectivity index (χ4v) is 8.30. The summed E-state index contributed by atoms with van der Waals surface area (Å²) in [5.41, 5.74) is -0.306. The van der Waals surface area contributed by atoms with Gasteiger partial charge in [-0.05, 0) is 57.1 Å². The first kappa shape index (κ1) is 35.5. The van der Waals surface area contributed by atoms with E-state index in [-0.39, 0.29) is 42.9 Å². The minimum atomic E-state index is -3.91. The van der Waals surface area contributed by atoms with E-state index in [0.717, 1.165) is 12.8 Å². The van der Waals surface area contributed by atoms with Gasteiger partial charge in [-0.25, -0.2) is 22.8 Å². The molecule has 1 saturated heterocycles. The first-order valence-electron chi connectivity index (χ1n) is 17.7. The van der Waals surface area contributed by atoms with Crippen LogP contribution in [-0.4, -0.2) is 87.6 Å². The van der Waals surface area contributed by atoms with Gasteiger partial charge in [0, 0.05) is 24.5 Å². The van der Waals surface area contributed by atoms with E-state index in [4.69, 9.17) is 9.26 Å². The topological polar surface area (TPSA) is 203 Å². The zero-order chi connectivity index (χ0) is 36.6. The first-order chi connectivity index (χ1) is 25.0. The molecular formula is C35H40FN7O8S. The van der Waals surface area contributed by atoms with E-state index < -0.39 is 74.4 Å². The molecule has 2 aliphatic heterocycles. The van der Waals surface area contributed by atoms with Crippen LogP contribution in [0.5, 0.6) is 5.88 Å². The number of carbonyl (C=O) groups excluding carboxylic acids is 4. The van der Waals surface area contributed by atoms with Crippen molar-refractivity contribution in [2.75, 3.05) is 6.54 Å². The molecule has 276 valence electrons. The number of nitrogens with zero attached hydrogens (tertiary/aromatic N) is 4. The lowest BCUT2D eigenvalue weighted by atomic mass is 10.0. The molecule has 4 heterocycles. The molecule has 1 aromatic carbocycles. The molecule has 2 aromatic heterocycles. The van der Waals surface area contributed by atoms with Crippen molar-refractivity contribution in [3.63, 3.8) is 0 Å². The summed E-state index contributed by atoms with van der Waals surface area (Å²) in [6, 6.07) is 3.21. The molecule has 52 heavy (non-hydrogen) atoms. The molecule has 15 nitrogen and oxygen atoms in total. The summed E-state index contributed by atoms with van der Waals surface area (Å²) in [6.07, 6.45) is 8.75. The van der Waals surface area contributed by atoms with Crippen molar-refractivity contribution >= 4 is 44.7 Å². The normalized spacial score (nSPS) is 26.8. The highest BCUT2D eigenvalue weighted by molar-refractivity contribution is 7.91. The number of ether oxygens (including phenoxy) is 1. The van der Waals surface area contributed by atoms with Gasteiger partial charge < -0.3 is 24.8 Å². The van der Waals surface area contributed by atoms with E-state index >= 15 is 0 Å². The highest BCUT2D eigenvalue weighted by Crippen LogP contribution is 2.46. The van der Waals surface area contributed by atoms with Gasteiger partial charge in [-0.15, -0.1) is 0 Å². The Kier molecular flexibility index (Phi) is 9.71. The van der Waals surface area contributed by atoms with Gasteiger partial charge in [-0.1, -0.05) is 37.1 Å². The maximum Gasteiger partial charge on any atom is 0.274 e. The first-order valence-corrected chi connectivity index (χ1v) is 19.2. The quantitative estimate of drug-likeness (QED) is 0.287. The number of hydrogen-bond donors (Lipinski definition) is 3. The second kappa shape index (κ2) is 14.2. The smallest absolute Gasteiger partial charge is 0.274 e. The van der Waals surface area contributed by atoms with E-state index in [1.165, 1.54) is 35.4 Å². The van der Waals surface area contributed by atoms with Crippen LogP contribution in [0, 0.1) is 11.7 Å². The monoisotopic (exact) mass is 737 g/mol. The summed E-state index contributed by atoms with van der Waals surface area (Å²) in [5, 5.41) is 8.62. The molecule has 2 aliphatic carbocycles. The highest BCUT2D eigenvalue weighted by Gasteiger charge is 2.62. The molecule has 3 fully saturated rings. The van der Waals surface area contributed by atoms with Crippen LogP contribution in [-0.2, 0) is 30.8 Å². The summed E-state index contributed by atoms with van der Waals surface area (Å²) in [4.78, 5) is 65.9. The van der Waals surface area contributed by atoms with Gasteiger partial charge in [0.25, 0.3) is 11.8 Å². The Labute approximate surface area is 299 Å². The summed E-state index contributed by atoms with van der Waals surface area (Å²) < 4.78 is 53.0. The number of rotatable bonds is 8. The van der Waals surface area contributed by atoms with Gasteiger partial charge in [0.2, 0.25) is 27.7 Å². The number of aromatic nitrogens is 3. The van der Waals surface area contributed by atoms with Gasteiger partial charge in [0.15, 0.2) is 5.69 Å². The lowest BCUT2D eigenvalue weighted by Crippen LogP contribution is -2.58. The number of carbonyl (C=O) groups is 4. The van der Waals surface area contributed by atoms with Crippen LogP contribution in [0.25, 0.3) is 11.0 Å². The molecular weight excluding hydrogens is 697 g/mol. The van der Waals surface area contributed by atoms with Crippen molar-refractivity contribution in [2.45, 2.75) is 100 Å².